The molecule has 23 heavy (non-hydrogen) atoms. The Morgan fingerprint density at radius 3 is 2.43 bits per heavy atom. The van der Waals surface area contributed by atoms with Crippen molar-refractivity contribution < 1.29 is 14.2 Å². The number of hydrogen-bond acceptors (Lipinski definition) is 3. The lowest BCUT2D eigenvalue weighted by atomic mass is 9.95. The van der Waals surface area contributed by atoms with Gasteiger partial charge in [-0.25, -0.2) is 0 Å². The fourth-order valence-electron chi connectivity index (χ4n) is 2.77. The van der Waals surface area contributed by atoms with Crippen LogP contribution in [0.3, 0.4) is 0 Å². The maximum Gasteiger partial charge on any atom is 0.130 e. The number of allylic oxidation sites excluding steroid dienone is 6. The molecule has 0 spiro atoms. The molecule has 0 unspecified atom stereocenters. The molecule has 0 aromatic heterocycles. The van der Waals surface area contributed by atoms with E-state index in [9.17, 15) is 0 Å². The predicted molar refractivity (Wildman–Crippen MR) is 94.9 cm³/mol. The van der Waals surface area contributed by atoms with Crippen LogP contribution in [0.4, 0.5) is 0 Å². The van der Waals surface area contributed by atoms with Crippen LogP contribution in [0.2, 0.25) is 0 Å². The minimum absolute atomic E-state index is 0.512. The first-order valence-corrected chi connectivity index (χ1v) is 7.92. The highest BCUT2D eigenvalue weighted by molar-refractivity contribution is 5.77. The van der Waals surface area contributed by atoms with E-state index in [0.29, 0.717) is 12.5 Å². The monoisotopic (exact) mass is 314 g/mol. The van der Waals surface area contributed by atoms with Crippen LogP contribution in [0.1, 0.15) is 31.4 Å². The van der Waals surface area contributed by atoms with Crippen LogP contribution in [0.15, 0.2) is 42.0 Å². The van der Waals surface area contributed by atoms with Crippen molar-refractivity contribution in [3.63, 3.8) is 0 Å². The van der Waals surface area contributed by atoms with Gasteiger partial charge in [0.15, 0.2) is 0 Å². The van der Waals surface area contributed by atoms with Crippen molar-refractivity contribution in [2.45, 2.75) is 26.9 Å². The molecule has 0 amide bonds. The van der Waals surface area contributed by atoms with Crippen LogP contribution in [-0.4, -0.2) is 21.3 Å². The second-order valence-corrected chi connectivity index (χ2v) is 5.92. The van der Waals surface area contributed by atoms with Gasteiger partial charge >= 0.3 is 0 Å². The van der Waals surface area contributed by atoms with Crippen molar-refractivity contribution in [3.05, 3.63) is 53.1 Å². The number of methoxy groups -OCH3 is 3. The molecular weight excluding hydrogens is 288 g/mol. The van der Waals surface area contributed by atoms with Gasteiger partial charge in [0.25, 0.3) is 0 Å². The molecular formula is C20H26O3. The third kappa shape index (κ3) is 4.05. The summed E-state index contributed by atoms with van der Waals surface area (Å²) in [5.41, 5.74) is 4.73. The fourth-order valence-corrected chi connectivity index (χ4v) is 2.77. The lowest BCUT2D eigenvalue weighted by molar-refractivity contribution is 0.184. The molecule has 0 atom stereocenters. The summed E-state index contributed by atoms with van der Waals surface area (Å²) in [5, 5.41) is 0. The summed E-state index contributed by atoms with van der Waals surface area (Å²) in [4.78, 5) is 0. The van der Waals surface area contributed by atoms with Gasteiger partial charge in [-0.15, -0.1) is 0 Å². The summed E-state index contributed by atoms with van der Waals surface area (Å²) in [7, 11) is 5.06. The Bertz CT molecular complexity index is 637. The average Bonchev–Trinajstić information content (AvgIpc) is 2.80. The van der Waals surface area contributed by atoms with Crippen molar-refractivity contribution in [3.8, 4) is 11.5 Å². The van der Waals surface area contributed by atoms with Gasteiger partial charge in [-0.05, 0) is 35.1 Å². The molecule has 1 aromatic carbocycles. The van der Waals surface area contributed by atoms with Crippen molar-refractivity contribution in [2.75, 3.05) is 21.3 Å². The average molecular weight is 314 g/mol. The van der Waals surface area contributed by atoms with E-state index in [0.717, 1.165) is 29.0 Å². The smallest absolute Gasteiger partial charge is 0.130 e. The van der Waals surface area contributed by atoms with Crippen LogP contribution in [0.25, 0.3) is 5.57 Å². The minimum Gasteiger partial charge on any atom is -0.497 e. The molecule has 0 bridgehead atoms. The zero-order chi connectivity index (χ0) is 16.8. The van der Waals surface area contributed by atoms with Crippen LogP contribution < -0.4 is 9.47 Å². The van der Waals surface area contributed by atoms with Gasteiger partial charge in [-0.2, -0.15) is 0 Å². The first-order chi connectivity index (χ1) is 11.1. The van der Waals surface area contributed by atoms with Gasteiger partial charge in [0.1, 0.15) is 11.5 Å². The Balaban J connectivity index is 2.55. The molecule has 0 fully saturated rings. The zero-order valence-electron chi connectivity index (χ0n) is 14.7. The van der Waals surface area contributed by atoms with Gasteiger partial charge in [-0.3, -0.25) is 0 Å². The quantitative estimate of drug-likeness (QED) is 0.756. The Labute approximate surface area is 139 Å². The molecule has 3 nitrogen and oxygen atoms in total. The SMILES string of the molecule is COCc1cc(OC)cc(OC)c1C1=CC=C(C(C)C)C=CC1. The third-order valence-corrected chi connectivity index (χ3v) is 4.03. The summed E-state index contributed by atoms with van der Waals surface area (Å²) in [6, 6.07) is 3.95. The molecule has 0 aliphatic heterocycles. The van der Waals surface area contributed by atoms with E-state index in [1.54, 1.807) is 21.3 Å². The van der Waals surface area contributed by atoms with E-state index < -0.39 is 0 Å². The first kappa shape index (κ1) is 17.4. The maximum atomic E-state index is 5.62. The lowest BCUT2D eigenvalue weighted by Crippen LogP contribution is -2.01. The van der Waals surface area contributed by atoms with E-state index in [2.05, 4.69) is 38.2 Å². The molecule has 0 heterocycles. The Kier molecular flexibility index (Phi) is 6.05. The second kappa shape index (κ2) is 8.02. The Morgan fingerprint density at radius 1 is 1.04 bits per heavy atom. The number of benzene rings is 1. The highest BCUT2D eigenvalue weighted by atomic mass is 16.5. The molecule has 0 N–H and O–H groups in total. The van der Waals surface area contributed by atoms with Crippen LogP contribution >= 0.6 is 0 Å². The van der Waals surface area contributed by atoms with E-state index in [-0.39, 0.29) is 0 Å². The molecule has 1 aromatic rings. The van der Waals surface area contributed by atoms with Crippen molar-refractivity contribution >= 4 is 5.57 Å². The van der Waals surface area contributed by atoms with E-state index in [1.165, 1.54) is 11.1 Å². The number of hydrogen-bond donors (Lipinski definition) is 0. The van der Waals surface area contributed by atoms with Gasteiger partial charge in [0, 0.05) is 18.7 Å². The first-order valence-electron chi connectivity index (χ1n) is 7.92. The third-order valence-electron chi connectivity index (χ3n) is 4.03. The standard InChI is InChI=1S/C20H26O3/c1-14(2)15-7-6-8-16(10-9-15)20-17(13-21-3)11-18(22-4)12-19(20)23-5/h6-7,9-12,14H,8,13H2,1-5H3. The summed E-state index contributed by atoms with van der Waals surface area (Å²) in [6.07, 6.45) is 9.68. The molecule has 0 radical (unpaired) electrons. The van der Waals surface area contributed by atoms with Gasteiger partial charge in [0.05, 0.1) is 20.8 Å². The molecule has 3 heteroatoms. The van der Waals surface area contributed by atoms with Crippen LogP contribution in [0, 0.1) is 5.92 Å². The summed E-state index contributed by atoms with van der Waals surface area (Å²) < 4.78 is 16.4. The molecule has 124 valence electrons. The molecule has 2 rings (SSSR count). The topological polar surface area (TPSA) is 27.7 Å². The highest BCUT2D eigenvalue weighted by Gasteiger charge is 2.16. The number of rotatable bonds is 6. The minimum atomic E-state index is 0.512. The highest BCUT2D eigenvalue weighted by Crippen LogP contribution is 2.37. The summed E-state index contributed by atoms with van der Waals surface area (Å²) >= 11 is 0. The fraction of sp³-hybridized carbons (Fsp3) is 0.400. The van der Waals surface area contributed by atoms with Crippen molar-refractivity contribution in [1.82, 2.24) is 0 Å². The number of ether oxygens (including phenoxy) is 3. The van der Waals surface area contributed by atoms with Gasteiger partial charge in [0.2, 0.25) is 0 Å². The zero-order valence-corrected chi connectivity index (χ0v) is 14.7. The molecule has 0 saturated heterocycles. The van der Waals surface area contributed by atoms with Crippen molar-refractivity contribution in [1.29, 1.82) is 0 Å². The lowest BCUT2D eigenvalue weighted by Gasteiger charge is -2.17. The van der Waals surface area contributed by atoms with Crippen LogP contribution in [0.5, 0.6) is 11.5 Å². The maximum absolute atomic E-state index is 5.62. The van der Waals surface area contributed by atoms with Gasteiger partial charge in [-0.1, -0.05) is 38.2 Å². The molecule has 0 saturated carbocycles. The molecule has 1 aliphatic rings. The normalized spacial score (nSPS) is 14.3. The van der Waals surface area contributed by atoms with E-state index in [4.69, 9.17) is 14.2 Å². The van der Waals surface area contributed by atoms with Crippen LogP contribution in [-0.2, 0) is 11.3 Å². The summed E-state index contributed by atoms with van der Waals surface area (Å²) in [6.45, 7) is 4.93. The van der Waals surface area contributed by atoms with Crippen molar-refractivity contribution in [2.24, 2.45) is 5.92 Å². The van der Waals surface area contributed by atoms with Gasteiger partial charge < -0.3 is 14.2 Å². The summed E-state index contributed by atoms with van der Waals surface area (Å²) in [5.74, 6) is 2.11. The van der Waals surface area contributed by atoms with E-state index in [1.807, 2.05) is 12.1 Å². The predicted octanol–water partition coefficient (Wildman–Crippen LogP) is 4.78. The second-order valence-electron chi connectivity index (χ2n) is 5.92. The Morgan fingerprint density at radius 2 is 1.83 bits per heavy atom. The Hall–Kier alpha value is -2.00. The largest absolute Gasteiger partial charge is 0.497 e. The molecule has 1 aliphatic carbocycles. The van der Waals surface area contributed by atoms with E-state index >= 15 is 0 Å².